The quantitative estimate of drug-likeness (QED) is 0.343. The highest BCUT2D eigenvalue weighted by Crippen LogP contribution is 2.18. The Morgan fingerprint density at radius 3 is 2.76 bits per heavy atom. The molecule has 1 atom stereocenters. The van der Waals surface area contributed by atoms with Gasteiger partial charge in [0.2, 0.25) is 0 Å². The lowest BCUT2D eigenvalue weighted by molar-refractivity contribution is -0.136. The highest BCUT2D eigenvalue weighted by Gasteiger charge is 2.06. The molecule has 0 bridgehead atoms. The Morgan fingerprint density at radius 2 is 2.18 bits per heavy atom. The molecule has 0 radical (unpaired) electrons. The molecule has 0 aliphatic carbocycles. The zero-order chi connectivity index (χ0) is 12.5. The van der Waals surface area contributed by atoms with E-state index in [9.17, 15) is 4.79 Å². The lowest BCUT2D eigenvalue weighted by atomic mass is 9.96. The standard InChI is InChI=1S/C15H16O2/c1-3-8-13(11-12-15(16)17-4-2)14-9-6-5-7-10-14/h3,5-7,9-10,13H,1,4,8H2,2H3. The average molecular weight is 228 g/mol. The minimum absolute atomic E-state index is 0.00175. The van der Waals surface area contributed by atoms with Crippen LogP contribution in [0.3, 0.4) is 0 Å². The number of benzene rings is 1. The maximum Gasteiger partial charge on any atom is 0.384 e. The van der Waals surface area contributed by atoms with Crippen molar-refractivity contribution in [3.63, 3.8) is 0 Å². The van der Waals surface area contributed by atoms with E-state index in [0.29, 0.717) is 6.61 Å². The van der Waals surface area contributed by atoms with Crippen LogP contribution in [0.5, 0.6) is 0 Å². The van der Waals surface area contributed by atoms with E-state index < -0.39 is 5.97 Å². The van der Waals surface area contributed by atoms with Gasteiger partial charge in [-0.25, -0.2) is 4.79 Å². The van der Waals surface area contributed by atoms with Gasteiger partial charge in [0.15, 0.2) is 0 Å². The molecule has 0 N–H and O–H groups in total. The molecule has 0 spiro atoms. The molecule has 0 fully saturated rings. The van der Waals surface area contributed by atoms with Gasteiger partial charge in [-0.2, -0.15) is 0 Å². The minimum atomic E-state index is -0.475. The van der Waals surface area contributed by atoms with Crippen LogP contribution in [0.2, 0.25) is 0 Å². The molecule has 0 heterocycles. The fourth-order valence-electron chi connectivity index (χ4n) is 1.44. The van der Waals surface area contributed by atoms with Crippen LogP contribution in [-0.2, 0) is 9.53 Å². The van der Waals surface area contributed by atoms with Gasteiger partial charge in [0, 0.05) is 11.8 Å². The van der Waals surface area contributed by atoms with Crippen LogP contribution in [0.15, 0.2) is 43.0 Å². The molecule has 0 aliphatic rings. The number of ether oxygens (including phenoxy) is 1. The number of carbonyl (C=O) groups excluding carboxylic acids is 1. The maximum atomic E-state index is 11.2. The van der Waals surface area contributed by atoms with Gasteiger partial charge in [0.05, 0.1) is 6.61 Å². The van der Waals surface area contributed by atoms with Gasteiger partial charge in [0.25, 0.3) is 0 Å². The van der Waals surface area contributed by atoms with Gasteiger partial charge in [-0.05, 0) is 18.9 Å². The molecule has 1 rings (SSSR count). The molecule has 1 aromatic carbocycles. The third-order valence-corrected chi connectivity index (χ3v) is 2.23. The van der Waals surface area contributed by atoms with E-state index in [0.717, 1.165) is 12.0 Å². The van der Waals surface area contributed by atoms with Crippen molar-refractivity contribution < 1.29 is 9.53 Å². The SMILES string of the molecule is C=CCC(C#CC(=O)OCC)c1ccccc1. The normalized spacial score (nSPS) is 10.9. The molecule has 0 aromatic heterocycles. The van der Waals surface area contributed by atoms with E-state index in [-0.39, 0.29) is 5.92 Å². The lowest BCUT2D eigenvalue weighted by Crippen LogP contribution is -2.01. The van der Waals surface area contributed by atoms with Crippen molar-refractivity contribution in [1.29, 1.82) is 0 Å². The van der Waals surface area contributed by atoms with Crippen LogP contribution in [-0.4, -0.2) is 12.6 Å². The first-order valence-electron chi connectivity index (χ1n) is 5.62. The van der Waals surface area contributed by atoms with Crippen LogP contribution < -0.4 is 0 Å². The van der Waals surface area contributed by atoms with Gasteiger partial charge >= 0.3 is 5.97 Å². The fraction of sp³-hybridized carbons (Fsp3) is 0.267. The third kappa shape index (κ3) is 4.56. The van der Waals surface area contributed by atoms with Crippen molar-refractivity contribution in [2.75, 3.05) is 6.61 Å². The van der Waals surface area contributed by atoms with Crippen LogP contribution in [0, 0.1) is 11.8 Å². The van der Waals surface area contributed by atoms with Crippen molar-refractivity contribution >= 4 is 5.97 Å². The second-order valence-corrected chi connectivity index (χ2v) is 3.48. The van der Waals surface area contributed by atoms with Crippen LogP contribution >= 0.6 is 0 Å². The summed E-state index contributed by atoms with van der Waals surface area (Å²) in [5, 5.41) is 0. The van der Waals surface area contributed by atoms with Crippen molar-refractivity contribution in [2.24, 2.45) is 0 Å². The second-order valence-electron chi connectivity index (χ2n) is 3.48. The first kappa shape index (κ1) is 13.1. The van der Waals surface area contributed by atoms with E-state index >= 15 is 0 Å². The third-order valence-electron chi connectivity index (χ3n) is 2.23. The molecule has 17 heavy (non-hydrogen) atoms. The molecule has 1 aromatic rings. The van der Waals surface area contributed by atoms with E-state index in [2.05, 4.69) is 18.4 Å². The van der Waals surface area contributed by atoms with Crippen molar-refractivity contribution in [3.8, 4) is 11.8 Å². The van der Waals surface area contributed by atoms with E-state index in [4.69, 9.17) is 4.74 Å². The van der Waals surface area contributed by atoms with Gasteiger partial charge in [0.1, 0.15) is 0 Å². The van der Waals surface area contributed by atoms with E-state index in [1.54, 1.807) is 13.0 Å². The maximum absolute atomic E-state index is 11.2. The summed E-state index contributed by atoms with van der Waals surface area (Å²) in [6.45, 7) is 5.82. The fourth-order valence-corrected chi connectivity index (χ4v) is 1.44. The average Bonchev–Trinajstić information content (AvgIpc) is 2.36. The first-order valence-corrected chi connectivity index (χ1v) is 5.62. The molecule has 88 valence electrons. The summed E-state index contributed by atoms with van der Waals surface area (Å²) >= 11 is 0. The molecule has 2 heteroatoms. The smallest absolute Gasteiger partial charge is 0.384 e. The molecule has 0 amide bonds. The summed E-state index contributed by atoms with van der Waals surface area (Å²) in [7, 11) is 0. The zero-order valence-corrected chi connectivity index (χ0v) is 9.98. The predicted molar refractivity (Wildman–Crippen MR) is 68.4 cm³/mol. The number of hydrogen-bond acceptors (Lipinski definition) is 2. The molecule has 0 saturated carbocycles. The summed E-state index contributed by atoms with van der Waals surface area (Å²) in [5.74, 6) is 4.96. The van der Waals surface area contributed by atoms with Gasteiger partial charge in [-0.15, -0.1) is 6.58 Å². The van der Waals surface area contributed by atoms with Crippen LogP contribution in [0.25, 0.3) is 0 Å². The summed E-state index contributed by atoms with van der Waals surface area (Å²) < 4.78 is 4.77. The molecular weight excluding hydrogens is 212 g/mol. The van der Waals surface area contributed by atoms with E-state index in [1.807, 2.05) is 30.3 Å². The highest BCUT2D eigenvalue weighted by atomic mass is 16.5. The largest absolute Gasteiger partial charge is 0.456 e. The predicted octanol–water partition coefficient (Wildman–Crippen LogP) is 2.91. The van der Waals surface area contributed by atoms with Crippen LogP contribution in [0.4, 0.5) is 0 Å². The summed E-state index contributed by atoms with van der Waals surface area (Å²) in [4.78, 5) is 11.2. The first-order chi connectivity index (χ1) is 8.27. The number of esters is 1. The molecule has 0 aliphatic heterocycles. The van der Waals surface area contributed by atoms with Crippen LogP contribution in [0.1, 0.15) is 24.8 Å². The van der Waals surface area contributed by atoms with Crippen molar-refractivity contribution in [2.45, 2.75) is 19.3 Å². The Morgan fingerprint density at radius 1 is 1.47 bits per heavy atom. The summed E-state index contributed by atoms with van der Waals surface area (Å²) in [5.41, 5.74) is 1.09. The summed E-state index contributed by atoms with van der Waals surface area (Å²) in [6.07, 6.45) is 2.52. The van der Waals surface area contributed by atoms with Crippen molar-refractivity contribution in [1.82, 2.24) is 0 Å². The number of rotatable bonds is 4. The lowest BCUT2D eigenvalue weighted by Gasteiger charge is -2.07. The molecule has 1 unspecified atom stereocenters. The molecule has 0 saturated heterocycles. The van der Waals surface area contributed by atoms with Gasteiger partial charge in [-0.3, -0.25) is 0 Å². The Balaban J connectivity index is 2.80. The zero-order valence-electron chi connectivity index (χ0n) is 9.98. The molecular formula is C15H16O2. The number of carbonyl (C=O) groups is 1. The Kier molecular flexibility index (Phi) is 5.60. The Bertz CT molecular complexity index is 423. The molecule has 2 nitrogen and oxygen atoms in total. The second kappa shape index (κ2) is 7.29. The van der Waals surface area contributed by atoms with Gasteiger partial charge in [-0.1, -0.05) is 42.3 Å². The van der Waals surface area contributed by atoms with E-state index in [1.165, 1.54) is 0 Å². The van der Waals surface area contributed by atoms with Crippen molar-refractivity contribution in [3.05, 3.63) is 48.6 Å². The summed E-state index contributed by atoms with van der Waals surface area (Å²) in [6, 6.07) is 9.85. The Hall–Kier alpha value is -2.01. The monoisotopic (exact) mass is 228 g/mol. The highest BCUT2D eigenvalue weighted by molar-refractivity contribution is 5.88. The number of allylic oxidation sites excluding steroid dienone is 1. The Labute approximate surface area is 102 Å². The van der Waals surface area contributed by atoms with Gasteiger partial charge < -0.3 is 4.74 Å². The minimum Gasteiger partial charge on any atom is -0.456 e. The topological polar surface area (TPSA) is 26.3 Å². The number of hydrogen-bond donors (Lipinski definition) is 0.